The lowest BCUT2D eigenvalue weighted by Crippen LogP contribution is -2.18. The number of rotatable bonds is 5. The molecule has 0 fully saturated rings. The van der Waals surface area contributed by atoms with Gasteiger partial charge in [0.05, 0.1) is 12.8 Å². The fraction of sp³-hybridized carbons (Fsp3) is 0.556. The molecule has 0 aliphatic heterocycles. The lowest BCUT2D eigenvalue weighted by molar-refractivity contribution is -0.137. The average molecular weight is 247 g/mol. The number of sulfone groups is 1. The molecule has 0 spiro atoms. The van der Waals surface area contributed by atoms with Gasteiger partial charge in [0.15, 0.2) is 15.6 Å². The molecule has 0 radical (unpaired) electrons. The van der Waals surface area contributed by atoms with Crippen molar-refractivity contribution in [2.45, 2.75) is 19.1 Å². The smallest absolute Gasteiger partial charge is 0.320 e. The van der Waals surface area contributed by atoms with Crippen LogP contribution in [0.25, 0.3) is 0 Å². The van der Waals surface area contributed by atoms with E-state index < -0.39 is 21.6 Å². The van der Waals surface area contributed by atoms with E-state index in [9.17, 15) is 13.2 Å². The van der Waals surface area contributed by atoms with Gasteiger partial charge in [-0.3, -0.25) is 4.79 Å². The maximum atomic E-state index is 11.5. The Morgan fingerprint density at radius 2 is 2.25 bits per heavy atom. The first-order valence-corrected chi connectivity index (χ1v) is 6.50. The first kappa shape index (κ1) is 12.7. The van der Waals surface area contributed by atoms with Crippen molar-refractivity contribution in [3.63, 3.8) is 0 Å². The quantitative estimate of drug-likeness (QED) is 0.697. The van der Waals surface area contributed by atoms with Crippen molar-refractivity contribution in [1.82, 2.24) is 5.16 Å². The molecular weight excluding hydrogens is 234 g/mol. The molecule has 1 heterocycles. The molecule has 0 bridgehead atoms. The summed E-state index contributed by atoms with van der Waals surface area (Å²) in [5.41, 5.74) is 0.684. The van der Waals surface area contributed by atoms with Crippen LogP contribution in [0, 0.1) is 0 Å². The van der Waals surface area contributed by atoms with Crippen LogP contribution in [0.2, 0.25) is 0 Å². The van der Waals surface area contributed by atoms with Crippen molar-refractivity contribution in [3.8, 4) is 0 Å². The second kappa shape index (κ2) is 5.11. The lowest BCUT2D eigenvalue weighted by atomic mass is 10.3. The number of nitrogens with zero attached hydrogens (tertiary/aromatic N) is 1. The van der Waals surface area contributed by atoms with Crippen LogP contribution in [0.5, 0.6) is 0 Å². The highest BCUT2D eigenvalue weighted by Gasteiger charge is 2.20. The van der Waals surface area contributed by atoms with Gasteiger partial charge in [0, 0.05) is 6.07 Å². The molecule has 0 atom stereocenters. The number of hydrogen-bond donors (Lipinski definition) is 0. The van der Waals surface area contributed by atoms with Gasteiger partial charge < -0.3 is 9.26 Å². The number of esters is 1. The van der Waals surface area contributed by atoms with Gasteiger partial charge >= 0.3 is 5.97 Å². The van der Waals surface area contributed by atoms with E-state index in [0.717, 1.165) is 7.11 Å². The highest BCUT2D eigenvalue weighted by atomic mass is 32.2. The topological polar surface area (TPSA) is 86.5 Å². The van der Waals surface area contributed by atoms with E-state index in [-0.39, 0.29) is 11.5 Å². The molecule has 0 saturated heterocycles. The third-order valence-electron chi connectivity index (χ3n) is 1.90. The van der Waals surface area contributed by atoms with Gasteiger partial charge in [0.1, 0.15) is 11.5 Å². The summed E-state index contributed by atoms with van der Waals surface area (Å²) in [5, 5.41) is 3.66. The summed E-state index contributed by atoms with van der Waals surface area (Å²) < 4.78 is 32.1. The molecule has 90 valence electrons. The Bertz CT molecular complexity index is 462. The van der Waals surface area contributed by atoms with Gasteiger partial charge in [0.2, 0.25) is 0 Å². The normalized spacial score (nSPS) is 11.4. The summed E-state index contributed by atoms with van der Waals surface area (Å²) in [5.74, 6) is -1.53. The standard InChI is InChI=1S/C9H13NO5S/c1-3-7-4-8(15-10-7)5-16(12,13)6-9(11)14-2/h4H,3,5-6H2,1-2H3. The minimum absolute atomic E-state index is 0.237. The zero-order chi connectivity index (χ0) is 12.2. The number of carbonyl (C=O) groups is 1. The number of ether oxygens (including phenoxy) is 1. The van der Waals surface area contributed by atoms with Crippen LogP contribution in [0.3, 0.4) is 0 Å². The molecule has 0 aliphatic rings. The number of aryl methyl sites for hydroxylation is 1. The Hall–Kier alpha value is -1.37. The van der Waals surface area contributed by atoms with E-state index in [1.54, 1.807) is 6.07 Å². The van der Waals surface area contributed by atoms with E-state index >= 15 is 0 Å². The summed E-state index contributed by atoms with van der Waals surface area (Å²) >= 11 is 0. The van der Waals surface area contributed by atoms with Gasteiger partial charge in [-0.2, -0.15) is 0 Å². The van der Waals surface area contributed by atoms with Crippen LogP contribution < -0.4 is 0 Å². The summed E-state index contributed by atoms with van der Waals surface area (Å²) in [6.45, 7) is 1.88. The third kappa shape index (κ3) is 3.65. The van der Waals surface area contributed by atoms with Gasteiger partial charge in [0.25, 0.3) is 0 Å². The molecule has 1 aromatic rings. The summed E-state index contributed by atoms with van der Waals surface area (Å²) in [7, 11) is -2.41. The fourth-order valence-corrected chi connectivity index (χ4v) is 2.25. The average Bonchev–Trinajstić information content (AvgIpc) is 2.63. The van der Waals surface area contributed by atoms with E-state index in [2.05, 4.69) is 9.89 Å². The van der Waals surface area contributed by atoms with Crippen LogP contribution in [0.15, 0.2) is 10.6 Å². The number of methoxy groups -OCH3 is 1. The Labute approximate surface area is 93.5 Å². The Balaban J connectivity index is 2.69. The van der Waals surface area contributed by atoms with E-state index in [1.807, 2.05) is 6.92 Å². The lowest BCUT2D eigenvalue weighted by Gasteiger charge is -1.99. The molecular formula is C9H13NO5S. The predicted molar refractivity (Wildman–Crippen MR) is 55.4 cm³/mol. The Kier molecular flexibility index (Phi) is 4.05. The largest absolute Gasteiger partial charge is 0.468 e. The van der Waals surface area contributed by atoms with Crippen molar-refractivity contribution in [3.05, 3.63) is 17.5 Å². The third-order valence-corrected chi connectivity index (χ3v) is 3.30. The molecule has 16 heavy (non-hydrogen) atoms. The van der Waals surface area contributed by atoms with Crippen LogP contribution in [0.1, 0.15) is 18.4 Å². The number of aromatic nitrogens is 1. The minimum Gasteiger partial charge on any atom is -0.468 e. The summed E-state index contributed by atoms with van der Waals surface area (Å²) in [4.78, 5) is 10.8. The summed E-state index contributed by atoms with van der Waals surface area (Å²) in [6, 6.07) is 1.56. The minimum atomic E-state index is -3.55. The Morgan fingerprint density at radius 3 is 2.75 bits per heavy atom. The molecule has 0 saturated carbocycles. The molecule has 0 amide bonds. The van der Waals surface area contributed by atoms with E-state index in [0.29, 0.717) is 12.1 Å². The zero-order valence-corrected chi connectivity index (χ0v) is 9.91. The summed E-state index contributed by atoms with van der Waals surface area (Å²) in [6.07, 6.45) is 0.667. The van der Waals surface area contributed by atoms with Crippen LogP contribution >= 0.6 is 0 Å². The molecule has 0 aliphatic carbocycles. The SMILES string of the molecule is CCc1cc(CS(=O)(=O)CC(=O)OC)on1. The van der Waals surface area contributed by atoms with Crippen LogP contribution in [-0.4, -0.2) is 32.4 Å². The molecule has 0 unspecified atom stereocenters. The fourth-order valence-electron chi connectivity index (χ4n) is 1.10. The predicted octanol–water partition coefficient (Wildman–Crippen LogP) is 0.325. The second-order valence-electron chi connectivity index (χ2n) is 3.25. The molecule has 0 N–H and O–H groups in total. The van der Waals surface area contributed by atoms with Crippen molar-refractivity contribution in [2.24, 2.45) is 0 Å². The molecule has 1 aromatic heterocycles. The first-order chi connectivity index (χ1) is 7.46. The molecule has 0 aromatic carbocycles. The van der Waals surface area contributed by atoms with Gasteiger partial charge in [-0.15, -0.1) is 0 Å². The monoisotopic (exact) mass is 247 g/mol. The maximum absolute atomic E-state index is 11.5. The first-order valence-electron chi connectivity index (χ1n) is 4.68. The van der Waals surface area contributed by atoms with Gasteiger partial charge in [-0.1, -0.05) is 12.1 Å². The van der Waals surface area contributed by atoms with Crippen molar-refractivity contribution in [1.29, 1.82) is 0 Å². The molecule has 1 rings (SSSR count). The van der Waals surface area contributed by atoms with E-state index in [4.69, 9.17) is 4.52 Å². The van der Waals surface area contributed by atoms with Gasteiger partial charge in [-0.25, -0.2) is 8.42 Å². The highest BCUT2D eigenvalue weighted by molar-refractivity contribution is 7.91. The number of carbonyl (C=O) groups excluding carboxylic acids is 1. The van der Waals surface area contributed by atoms with Crippen LogP contribution in [-0.2, 0) is 31.5 Å². The van der Waals surface area contributed by atoms with Crippen molar-refractivity contribution in [2.75, 3.05) is 12.9 Å². The zero-order valence-electron chi connectivity index (χ0n) is 9.10. The van der Waals surface area contributed by atoms with E-state index in [1.165, 1.54) is 0 Å². The highest BCUT2D eigenvalue weighted by Crippen LogP contribution is 2.09. The molecule has 7 heteroatoms. The van der Waals surface area contributed by atoms with Crippen molar-refractivity contribution < 1.29 is 22.5 Å². The number of hydrogen-bond acceptors (Lipinski definition) is 6. The van der Waals surface area contributed by atoms with Crippen molar-refractivity contribution >= 4 is 15.8 Å². The van der Waals surface area contributed by atoms with Gasteiger partial charge in [-0.05, 0) is 6.42 Å². The molecule has 6 nitrogen and oxygen atoms in total. The van der Waals surface area contributed by atoms with Crippen LogP contribution in [0.4, 0.5) is 0 Å². The Morgan fingerprint density at radius 1 is 1.56 bits per heavy atom. The second-order valence-corrected chi connectivity index (χ2v) is 5.31. The maximum Gasteiger partial charge on any atom is 0.320 e.